The van der Waals surface area contributed by atoms with E-state index in [-0.39, 0.29) is 11.9 Å². The number of fused-ring (bicyclic) bond motifs is 1. The Morgan fingerprint density at radius 3 is 2.48 bits per heavy atom. The van der Waals surface area contributed by atoms with Crippen LogP contribution < -0.4 is 0 Å². The van der Waals surface area contributed by atoms with Crippen molar-refractivity contribution in [3.8, 4) is 0 Å². The number of carbonyl (C=O) groups is 1. The third-order valence-corrected chi connectivity index (χ3v) is 5.61. The first-order valence-electron chi connectivity index (χ1n) is 8.38. The van der Waals surface area contributed by atoms with Gasteiger partial charge < -0.3 is 4.90 Å². The average Bonchev–Trinajstić information content (AvgIpc) is 3.05. The molecule has 130 valence electrons. The second-order valence-electron chi connectivity index (χ2n) is 6.35. The van der Waals surface area contributed by atoms with E-state index < -0.39 is 0 Å². The van der Waals surface area contributed by atoms with Gasteiger partial charge in [0.1, 0.15) is 5.01 Å². The predicted molar refractivity (Wildman–Crippen MR) is 104 cm³/mol. The van der Waals surface area contributed by atoms with Crippen LogP contribution in [-0.4, -0.2) is 41.3 Å². The van der Waals surface area contributed by atoms with Crippen LogP contribution in [0.4, 0.5) is 0 Å². The average molecular weight is 353 g/mol. The van der Waals surface area contributed by atoms with Gasteiger partial charge in [0.05, 0.1) is 22.8 Å². The molecule has 0 unspecified atom stereocenters. The summed E-state index contributed by atoms with van der Waals surface area (Å²) in [6.07, 6.45) is 0. The summed E-state index contributed by atoms with van der Waals surface area (Å²) in [6, 6.07) is 18.3. The molecule has 3 aromatic rings. The summed E-state index contributed by atoms with van der Waals surface area (Å²) >= 11 is 1.69. The molecule has 5 heteroatoms. The van der Waals surface area contributed by atoms with Crippen LogP contribution in [0, 0.1) is 0 Å². The molecule has 1 aromatic heterocycles. The van der Waals surface area contributed by atoms with Crippen LogP contribution >= 0.6 is 11.3 Å². The van der Waals surface area contributed by atoms with Crippen LogP contribution in [0.15, 0.2) is 54.6 Å². The second-order valence-corrected chi connectivity index (χ2v) is 7.41. The molecule has 2 aromatic carbocycles. The smallest absolute Gasteiger partial charge is 0.236 e. The molecule has 0 aliphatic heterocycles. The number of para-hydroxylation sites is 1. The van der Waals surface area contributed by atoms with Crippen LogP contribution in [0.3, 0.4) is 0 Å². The van der Waals surface area contributed by atoms with Gasteiger partial charge in [-0.1, -0.05) is 42.5 Å². The lowest BCUT2D eigenvalue weighted by molar-refractivity contribution is -0.131. The number of hydrogen-bond donors (Lipinski definition) is 0. The highest BCUT2D eigenvalue weighted by Gasteiger charge is 2.20. The summed E-state index contributed by atoms with van der Waals surface area (Å²) < 4.78 is 1.19. The van der Waals surface area contributed by atoms with Gasteiger partial charge in [-0.15, -0.1) is 11.3 Å². The summed E-state index contributed by atoms with van der Waals surface area (Å²) in [5.41, 5.74) is 2.16. The van der Waals surface area contributed by atoms with Crippen molar-refractivity contribution in [2.75, 3.05) is 20.6 Å². The first-order valence-corrected chi connectivity index (χ1v) is 9.20. The predicted octanol–water partition coefficient (Wildman–Crippen LogP) is 3.95. The normalized spacial score (nSPS) is 12.5. The zero-order valence-electron chi connectivity index (χ0n) is 14.8. The number of rotatable bonds is 6. The number of hydrogen-bond acceptors (Lipinski definition) is 4. The zero-order valence-corrected chi connectivity index (χ0v) is 15.7. The van der Waals surface area contributed by atoms with Gasteiger partial charge in [0.15, 0.2) is 0 Å². The van der Waals surface area contributed by atoms with Gasteiger partial charge in [0.25, 0.3) is 0 Å². The second kappa shape index (κ2) is 7.76. The lowest BCUT2D eigenvalue weighted by atomic mass is 10.2. The summed E-state index contributed by atoms with van der Waals surface area (Å²) in [7, 11) is 3.83. The van der Waals surface area contributed by atoms with Gasteiger partial charge >= 0.3 is 0 Å². The van der Waals surface area contributed by atoms with Crippen molar-refractivity contribution in [2.24, 2.45) is 0 Å². The fraction of sp³-hybridized carbons (Fsp3) is 0.300. The molecule has 0 fully saturated rings. The molecule has 0 aliphatic carbocycles. The van der Waals surface area contributed by atoms with Gasteiger partial charge in [-0.3, -0.25) is 9.69 Å². The Bertz CT molecular complexity index is 813. The van der Waals surface area contributed by atoms with Crippen molar-refractivity contribution in [3.63, 3.8) is 0 Å². The maximum atomic E-state index is 12.5. The minimum absolute atomic E-state index is 0.103. The molecule has 3 rings (SSSR count). The largest absolute Gasteiger partial charge is 0.340 e. The van der Waals surface area contributed by atoms with Crippen LogP contribution in [-0.2, 0) is 11.3 Å². The highest BCUT2D eigenvalue weighted by molar-refractivity contribution is 7.18. The molecular weight excluding hydrogens is 330 g/mol. The monoisotopic (exact) mass is 353 g/mol. The highest BCUT2D eigenvalue weighted by atomic mass is 32.1. The number of likely N-dealkylation sites (N-methyl/N-ethyl adjacent to an activating group) is 2. The molecule has 25 heavy (non-hydrogen) atoms. The van der Waals surface area contributed by atoms with E-state index in [9.17, 15) is 4.79 Å². The summed E-state index contributed by atoms with van der Waals surface area (Å²) in [5, 5.41) is 1.04. The number of carbonyl (C=O) groups excluding carboxylic acids is 1. The van der Waals surface area contributed by atoms with Crippen LogP contribution in [0.1, 0.15) is 23.5 Å². The summed E-state index contributed by atoms with van der Waals surface area (Å²) in [4.78, 5) is 21.1. The molecular formula is C20H23N3OS. The quantitative estimate of drug-likeness (QED) is 0.673. The Morgan fingerprint density at radius 1 is 1.08 bits per heavy atom. The standard InChI is InChI=1S/C20H23N3OS/c1-15(20-21-17-11-7-8-12-18(17)25-20)22(2)14-19(24)23(3)13-16-9-5-4-6-10-16/h4-12,15H,13-14H2,1-3H3/t15-/m1/s1. The molecule has 0 saturated heterocycles. The molecule has 1 heterocycles. The number of nitrogens with zero attached hydrogens (tertiary/aromatic N) is 3. The van der Waals surface area contributed by atoms with Gasteiger partial charge in [-0.05, 0) is 31.7 Å². The zero-order chi connectivity index (χ0) is 17.8. The minimum Gasteiger partial charge on any atom is -0.340 e. The lowest BCUT2D eigenvalue weighted by Crippen LogP contribution is -2.37. The van der Waals surface area contributed by atoms with Gasteiger partial charge in [0, 0.05) is 13.6 Å². The van der Waals surface area contributed by atoms with Gasteiger partial charge in [-0.25, -0.2) is 4.98 Å². The topological polar surface area (TPSA) is 36.4 Å². The fourth-order valence-corrected chi connectivity index (χ4v) is 3.76. The van der Waals surface area contributed by atoms with Gasteiger partial charge in [-0.2, -0.15) is 0 Å². The first kappa shape index (κ1) is 17.6. The lowest BCUT2D eigenvalue weighted by Gasteiger charge is -2.25. The molecule has 0 radical (unpaired) electrons. The summed E-state index contributed by atoms with van der Waals surface area (Å²) in [5.74, 6) is 0.110. The first-order chi connectivity index (χ1) is 12.0. The number of benzene rings is 2. The van der Waals surface area contributed by atoms with E-state index in [1.54, 1.807) is 16.2 Å². The number of aromatic nitrogens is 1. The van der Waals surface area contributed by atoms with Crippen molar-refractivity contribution in [1.82, 2.24) is 14.8 Å². The molecule has 0 bridgehead atoms. The van der Waals surface area contributed by atoms with E-state index in [0.717, 1.165) is 16.1 Å². The fourth-order valence-electron chi connectivity index (χ4n) is 2.67. The Hall–Kier alpha value is -2.24. The molecule has 0 N–H and O–H groups in total. The SMILES string of the molecule is C[C@H](c1nc2ccccc2s1)N(C)CC(=O)N(C)Cc1ccccc1. The maximum absolute atomic E-state index is 12.5. The van der Waals surface area contributed by atoms with Crippen molar-refractivity contribution in [3.05, 3.63) is 65.2 Å². The third kappa shape index (κ3) is 4.24. The number of amides is 1. The minimum atomic E-state index is 0.103. The van der Waals surface area contributed by atoms with E-state index >= 15 is 0 Å². The maximum Gasteiger partial charge on any atom is 0.236 e. The van der Waals surface area contributed by atoms with Crippen molar-refractivity contribution in [2.45, 2.75) is 19.5 Å². The van der Waals surface area contributed by atoms with Crippen LogP contribution in [0.2, 0.25) is 0 Å². The molecule has 1 amide bonds. The molecule has 1 atom stereocenters. The van der Waals surface area contributed by atoms with Crippen molar-refractivity contribution in [1.29, 1.82) is 0 Å². The van der Waals surface area contributed by atoms with Crippen LogP contribution in [0.25, 0.3) is 10.2 Å². The molecule has 4 nitrogen and oxygen atoms in total. The molecule has 0 saturated carbocycles. The van der Waals surface area contributed by atoms with Gasteiger partial charge in [0.2, 0.25) is 5.91 Å². The van der Waals surface area contributed by atoms with E-state index in [2.05, 4.69) is 17.9 Å². The highest BCUT2D eigenvalue weighted by Crippen LogP contribution is 2.28. The van der Waals surface area contributed by atoms with E-state index in [4.69, 9.17) is 4.98 Å². The van der Waals surface area contributed by atoms with E-state index in [1.165, 1.54) is 4.70 Å². The van der Waals surface area contributed by atoms with E-state index in [1.807, 2.05) is 62.6 Å². The van der Waals surface area contributed by atoms with Crippen molar-refractivity contribution >= 4 is 27.5 Å². The molecule has 0 aliphatic rings. The number of thiazole rings is 1. The third-order valence-electron chi connectivity index (χ3n) is 4.40. The van der Waals surface area contributed by atoms with E-state index in [0.29, 0.717) is 13.1 Å². The van der Waals surface area contributed by atoms with Crippen molar-refractivity contribution < 1.29 is 4.79 Å². The summed E-state index contributed by atoms with van der Waals surface area (Å²) in [6.45, 7) is 3.10. The Morgan fingerprint density at radius 2 is 1.76 bits per heavy atom. The van der Waals surface area contributed by atoms with Crippen LogP contribution in [0.5, 0.6) is 0 Å². The Balaban J connectivity index is 1.62. The Kier molecular flexibility index (Phi) is 5.46. The Labute approximate surface area is 152 Å². The molecule has 0 spiro atoms.